The molecule has 2 heterocycles. The highest BCUT2D eigenvalue weighted by atomic mass is 32.1. The van der Waals surface area contributed by atoms with Crippen molar-refractivity contribution in [1.82, 2.24) is 14.8 Å². The molecule has 0 spiro atoms. The summed E-state index contributed by atoms with van der Waals surface area (Å²) in [6.07, 6.45) is 3.43. The second-order valence-corrected chi connectivity index (χ2v) is 7.87. The number of anilines is 1. The molecule has 0 bridgehead atoms. The summed E-state index contributed by atoms with van der Waals surface area (Å²) < 4.78 is 2.88. The normalized spacial score (nSPS) is 11.1. The number of hydrogen-bond donors (Lipinski definition) is 0. The molecule has 0 N–H and O–H groups in total. The zero-order valence-electron chi connectivity index (χ0n) is 16.2. The predicted octanol–water partition coefficient (Wildman–Crippen LogP) is 4.98. The first-order chi connectivity index (χ1) is 13.5. The number of thiazole rings is 1. The summed E-state index contributed by atoms with van der Waals surface area (Å²) in [5.74, 6) is -0.0861. The zero-order chi connectivity index (χ0) is 19.7. The molecule has 0 aliphatic carbocycles. The SMILES string of the molecule is CCn1cc(C(=O)N(Cc2ccccc2)c2nc3cc(C)cc(C)c3s2)cn1. The van der Waals surface area contributed by atoms with Gasteiger partial charge in [0.05, 0.1) is 28.5 Å². The van der Waals surface area contributed by atoms with E-state index in [0.717, 1.165) is 22.3 Å². The maximum Gasteiger partial charge on any atom is 0.263 e. The van der Waals surface area contributed by atoms with Crippen molar-refractivity contribution in [3.63, 3.8) is 0 Å². The Morgan fingerprint density at radius 2 is 1.96 bits per heavy atom. The fraction of sp³-hybridized carbons (Fsp3) is 0.227. The Labute approximate surface area is 168 Å². The van der Waals surface area contributed by atoms with Gasteiger partial charge < -0.3 is 0 Å². The van der Waals surface area contributed by atoms with E-state index >= 15 is 0 Å². The lowest BCUT2D eigenvalue weighted by molar-refractivity contribution is 0.0985. The number of amides is 1. The van der Waals surface area contributed by atoms with Gasteiger partial charge in [-0.2, -0.15) is 5.10 Å². The highest BCUT2D eigenvalue weighted by Gasteiger charge is 2.23. The smallest absolute Gasteiger partial charge is 0.263 e. The number of fused-ring (bicyclic) bond motifs is 1. The maximum atomic E-state index is 13.3. The molecular weight excluding hydrogens is 368 g/mol. The topological polar surface area (TPSA) is 51.0 Å². The summed E-state index contributed by atoms with van der Waals surface area (Å²) >= 11 is 1.56. The van der Waals surface area contributed by atoms with E-state index in [9.17, 15) is 4.79 Å². The molecule has 142 valence electrons. The lowest BCUT2D eigenvalue weighted by Crippen LogP contribution is -2.30. The highest BCUT2D eigenvalue weighted by molar-refractivity contribution is 7.22. The maximum absolute atomic E-state index is 13.3. The van der Waals surface area contributed by atoms with E-state index in [2.05, 4.69) is 31.1 Å². The van der Waals surface area contributed by atoms with Crippen LogP contribution < -0.4 is 4.90 Å². The zero-order valence-corrected chi connectivity index (χ0v) is 17.0. The van der Waals surface area contributed by atoms with Gasteiger partial charge in [0, 0.05) is 12.7 Å². The number of carbonyl (C=O) groups is 1. The van der Waals surface area contributed by atoms with Crippen LogP contribution in [0.1, 0.15) is 34.0 Å². The van der Waals surface area contributed by atoms with Crippen molar-refractivity contribution in [2.24, 2.45) is 0 Å². The van der Waals surface area contributed by atoms with Crippen LogP contribution in [0.4, 0.5) is 5.13 Å². The van der Waals surface area contributed by atoms with Gasteiger partial charge in [-0.1, -0.05) is 47.7 Å². The minimum Gasteiger partial charge on any atom is -0.279 e. The van der Waals surface area contributed by atoms with Crippen LogP contribution in [-0.4, -0.2) is 20.7 Å². The van der Waals surface area contributed by atoms with Crippen LogP contribution in [0.25, 0.3) is 10.2 Å². The van der Waals surface area contributed by atoms with E-state index < -0.39 is 0 Å². The fourth-order valence-electron chi connectivity index (χ4n) is 3.28. The third-order valence-electron chi connectivity index (χ3n) is 4.67. The Balaban J connectivity index is 1.78. The largest absolute Gasteiger partial charge is 0.279 e. The van der Waals surface area contributed by atoms with Gasteiger partial charge >= 0.3 is 0 Å². The van der Waals surface area contributed by atoms with Crippen LogP contribution >= 0.6 is 11.3 Å². The van der Waals surface area contributed by atoms with Crippen molar-refractivity contribution in [3.8, 4) is 0 Å². The van der Waals surface area contributed by atoms with E-state index in [4.69, 9.17) is 4.98 Å². The Hall–Kier alpha value is -2.99. The van der Waals surface area contributed by atoms with Crippen molar-refractivity contribution in [2.45, 2.75) is 33.9 Å². The van der Waals surface area contributed by atoms with Gasteiger partial charge in [-0.15, -0.1) is 0 Å². The van der Waals surface area contributed by atoms with Crippen LogP contribution in [0.2, 0.25) is 0 Å². The van der Waals surface area contributed by atoms with Crippen LogP contribution in [0, 0.1) is 13.8 Å². The number of nitrogens with zero attached hydrogens (tertiary/aromatic N) is 4. The lowest BCUT2D eigenvalue weighted by atomic mass is 10.1. The minimum atomic E-state index is -0.0861. The summed E-state index contributed by atoms with van der Waals surface area (Å²) in [6.45, 7) is 7.35. The average Bonchev–Trinajstić information content (AvgIpc) is 3.33. The summed E-state index contributed by atoms with van der Waals surface area (Å²) in [7, 11) is 0. The van der Waals surface area contributed by atoms with Crippen molar-refractivity contribution >= 4 is 32.6 Å². The molecule has 0 aliphatic heterocycles. The summed E-state index contributed by atoms with van der Waals surface area (Å²) in [6, 6.07) is 14.2. The third kappa shape index (κ3) is 3.55. The standard InChI is InChI=1S/C22H22N4OS/c1-4-25-14-18(12-23-25)21(27)26(13-17-8-6-5-7-9-17)22-24-19-11-15(2)10-16(3)20(19)28-22/h5-12,14H,4,13H2,1-3H3. The van der Waals surface area contributed by atoms with Crippen LogP contribution in [0.5, 0.6) is 0 Å². The van der Waals surface area contributed by atoms with Crippen molar-refractivity contribution in [1.29, 1.82) is 0 Å². The molecule has 0 unspecified atom stereocenters. The number of hydrogen-bond acceptors (Lipinski definition) is 4. The van der Waals surface area contributed by atoms with Gasteiger partial charge in [-0.25, -0.2) is 4.98 Å². The van der Waals surface area contributed by atoms with E-state index in [-0.39, 0.29) is 5.91 Å². The molecule has 2 aromatic carbocycles. The molecule has 2 aromatic heterocycles. The van der Waals surface area contributed by atoms with Crippen LogP contribution in [-0.2, 0) is 13.1 Å². The minimum absolute atomic E-state index is 0.0861. The van der Waals surface area contributed by atoms with Crippen molar-refractivity contribution < 1.29 is 4.79 Å². The Kier molecular flexibility index (Phi) is 4.96. The van der Waals surface area contributed by atoms with E-state index in [0.29, 0.717) is 17.2 Å². The van der Waals surface area contributed by atoms with E-state index in [1.807, 2.05) is 37.3 Å². The average molecular weight is 391 g/mol. The highest BCUT2D eigenvalue weighted by Crippen LogP contribution is 2.33. The lowest BCUT2D eigenvalue weighted by Gasteiger charge is -2.19. The van der Waals surface area contributed by atoms with E-state index in [1.165, 1.54) is 11.1 Å². The first-order valence-corrected chi connectivity index (χ1v) is 10.1. The van der Waals surface area contributed by atoms with Gasteiger partial charge in [-0.3, -0.25) is 14.4 Å². The number of aromatic nitrogens is 3. The number of carbonyl (C=O) groups excluding carboxylic acids is 1. The van der Waals surface area contributed by atoms with Crippen molar-refractivity contribution in [2.75, 3.05) is 4.90 Å². The van der Waals surface area contributed by atoms with Gasteiger partial charge in [0.15, 0.2) is 5.13 Å². The molecule has 0 radical (unpaired) electrons. The van der Waals surface area contributed by atoms with E-state index in [1.54, 1.807) is 33.3 Å². The molecule has 1 amide bonds. The molecule has 0 atom stereocenters. The van der Waals surface area contributed by atoms with Gasteiger partial charge in [0.25, 0.3) is 5.91 Å². The fourth-order valence-corrected chi connectivity index (χ4v) is 4.29. The molecule has 0 saturated carbocycles. The molecule has 28 heavy (non-hydrogen) atoms. The summed E-state index contributed by atoms with van der Waals surface area (Å²) in [5.41, 5.74) is 4.93. The monoisotopic (exact) mass is 390 g/mol. The number of benzene rings is 2. The molecule has 4 rings (SSSR count). The number of aryl methyl sites for hydroxylation is 3. The summed E-state index contributed by atoms with van der Waals surface area (Å²) in [4.78, 5) is 19.9. The van der Waals surface area contributed by atoms with Gasteiger partial charge in [-0.05, 0) is 43.5 Å². The Bertz CT molecular complexity index is 1130. The molecule has 4 aromatic rings. The molecular formula is C22H22N4OS. The second kappa shape index (κ2) is 7.56. The molecule has 6 heteroatoms. The van der Waals surface area contributed by atoms with Crippen molar-refractivity contribution in [3.05, 3.63) is 77.1 Å². The summed E-state index contributed by atoms with van der Waals surface area (Å²) in [5, 5.41) is 4.97. The number of rotatable bonds is 5. The van der Waals surface area contributed by atoms with Crippen LogP contribution in [0.3, 0.4) is 0 Å². The molecule has 0 fully saturated rings. The second-order valence-electron chi connectivity index (χ2n) is 6.89. The Morgan fingerprint density at radius 1 is 1.18 bits per heavy atom. The Morgan fingerprint density at radius 3 is 2.68 bits per heavy atom. The van der Waals surface area contributed by atoms with Crippen LogP contribution in [0.15, 0.2) is 54.9 Å². The first kappa shape index (κ1) is 18.4. The van der Waals surface area contributed by atoms with Gasteiger partial charge in [0.2, 0.25) is 0 Å². The third-order valence-corrected chi connectivity index (χ3v) is 5.90. The first-order valence-electron chi connectivity index (χ1n) is 9.31. The molecule has 5 nitrogen and oxygen atoms in total. The molecule has 0 saturated heterocycles. The molecule has 0 aliphatic rings. The predicted molar refractivity (Wildman–Crippen MR) is 114 cm³/mol. The van der Waals surface area contributed by atoms with Gasteiger partial charge in [0.1, 0.15) is 0 Å². The quantitative estimate of drug-likeness (QED) is 0.483.